The van der Waals surface area contributed by atoms with Crippen LogP contribution in [0.25, 0.3) is 11.0 Å². The Balaban J connectivity index is 1.86. The molecule has 0 unspecified atom stereocenters. The second-order valence-electron chi connectivity index (χ2n) is 4.70. The summed E-state index contributed by atoms with van der Waals surface area (Å²) in [6, 6.07) is 6.11. The molecule has 0 saturated carbocycles. The van der Waals surface area contributed by atoms with Gasteiger partial charge in [-0.25, -0.2) is 9.67 Å². The van der Waals surface area contributed by atoms with Gasteiger partial charge < -0.3 is 5.32 Å². The number of nitrogens with zero attached hydrogens (tertiary/aromatic N) is 4. The lowest BCUT2D eigenvalue weighted by molar-refractivity contribution is 0.700. The molecule has 5 heteroatoms. The number of hydrogen-bond acceptors (Lipinski definition) is 4. The Kier molecular flexibility index (Phi) is 3.69. The lowest BCUT2D eigenvalue weighted by Crippen LogP contribution is -2.11. The van der Waals surface area contributed by atoms with Crippen LogP contribution in [0.15, 0.2) is 43.0 Å². The lowest BCUT2D eigenvalue weighted by Gasteiger charge is -2.04. The number of pyridine rings is 2. The van der Waals surface area contributed by atoms with E-state index in [2.05, 4.69) is 33.4 Å². The Bertz CT molecular complexity index is 690. The predicted octanol–water partition coefficient (Wildman–Crippen LogP) is 1.98. The van der Waals surface area contributed by atoms with Crippen LogP contribution in [0, 0.1) is 0 Å². The van der Waals surface area contributed by atoms with Crippen molar-refractivity contribution in [3.05, 3.63) is 54.1 Å². The standard InChI is InChI=1S/C15H17N5/c1-2-16-8-13-6-14-10-19-20(15(14)18-9-13)11-12-4-3-5-17-7-12/h3-7,9-10,16H,2,8,11H2,1H3. The molecular formula is C15H17N5. The summed E-state index contributed by atoms with van der Waals surface area (Å²) in [4.78, 5) is 8.65. The molecule has 0 saturated heterocycles. The fourth-order valence-electron chi connectivity index (χ4n) is 2.16. The van der Waals surface area contributed by atoms with E-state index in [1.165, 1.54) is 5.56 Å². The molecule has 0 spiro atoms. The molecule has 102 valence electrons. The summed E-state index contributed by atoms with van der Waals surface area (Å²) in [5, 5.41) is 8.79. The normalized spacial score (nSPS) is 11.1. The highest BCUT2D eigenvalue weighted by molar-refractivity contribution is 5.75. The summed E-state index contributed by atoms with van der Waals surface area (Å²) in [5.41, 5.74) is 3.21. The van der Waals surface area contributed by atoms with Crippen molar-refractivity contribution in [1.29, 1.82) is 0 Å². The van der Waals surface area contributed by atoms with Crippen molar-refractivity contribution in [2.24, 2.45) is 0 Å². The molecule has 0 aliphatic rings. The smallest absolute Gasteiger partial charge is 0.158 e. The van der Waals surface area contributed by atoms with E-state index in [-0.39, 0.29) is 0 Å². The summed E-state index contributed by atoms with van der Waals surface area (Å²) in [5.74, 6) is 0. The van der Waals surface area contributed by atoms with Crippen LogP contribution in [-0.2, 0) is 13.1 Å². The van der Waals surface area contributed by atoms with E-state index < -0.39 is 0 Å². The molecule has 0 aliphatic heterocycles. The van der Waals surface area contributed by atoms with Gasteiger partial charge in [0.1, 0.15) is 0 Å². The van der Waals surface area contributed by atoms with Gasteiger partial charge in [0.15, 0.2) is 5.65 Å². The molecule has 3 heterocycles. The van der Waals surface area contributed by atoms with E-state index in [1.807, 2.05) is 35.4 Å². The molecule has 3 aromatic heterocycles. The first-order chi connectivity index (χ1) is 9.86. The first kappa shape index (κ1) is 12.7. The van der Waals surface area contributed by atoms with Gasteiger partial charge in [-0.1, -0.05) is 13.0 Å². The van der Waals surface area contributed by atoms with Gasteiger partial charge >= 0.3 is 0 Å². The zero-order chi connectivity index (χ0) is 13.8. The van der Waals surface area contributed by atoms with Gasteiger partial charge in [-0.3, -0.25) is 4.98 Å². The largest absolute Gasteiger partial charge is 0.313 e. The molecule has 1 N–H and O–H groups in total. The molecule has 0 amide bonds. The average Bonchev–Trinajstić information content (AvgIpc) is 2.89. The molecule has 3 rings (SSSR count). The lowest BCUT2D eigenvalue weighted by atomic mass is 10.2. The van der Waals surface area contributed by atoms with Gasteiger partial charge in [-0.15, -0.1) is 0 Å². The van der Waals surface area contributed by atoms with Crippen LogP contribution < -0.4 is 5.32 Å². The first-order valence-electron chi connectivity index (χ1n) is 6.77. The second kappa shape index (κ2) is 5.79. The third-order valence-electron chi connectivity index (χ3n) is 3.17. The minimum Gasteiger partial charge on any atom is -0.313 e. The van der Waals surface area contributed by atoms with E-state index in [1.54, 1.807) is 6.20 Å². The summed E-state index contributed by atoms with van der Waals surface area (Å²) in [7, 11) is 0. The summed E-state index contributed by atoms with van der Waals surface area (Å²) < 4.78 is 1.91. The monoisotopic (exact) mass is 267 g/mol. The maximum absolute atomic E-state index is 4.53. The van der Waals surface area contributed by atoms with E-state index in [4.69, 9.17) is 0 Å². The maximum Gasteiger partial charge on any atom is 0.158 e. The predicted molar refractivity (Wildman–Crippen MR) is 78.2 cm³/mol. The van der Waals surface area contributed by atoms with E-state index in [0.717, 1.165) is 29.7 Å². The number of rotatable bonds is 5. The third-order valence-corrected chi connectivity index (χ3v) is 3.17. The van der Waals surface area contributed by atoms with Gasteiger partial charge in [-0.05, 0) is 29.8 Å². The van der Waals surface area contributed by atoms with Crippen LogP contribution in [0.2, 0.25) is 0 Å². The van der Waals surface area contributed by atoms with Gasteiger partial charge in [0.05, 0.1) is 12.7 Å². The highest BCUT2D eigenvalue weighted by Gasteiger charge is 2.06. The van der Waals surface area contributed by atoms with Crippen LogP contribution >= 0.6 is 0 Å². The van der Waals surface area contributed by atoms with Gasteiger partial charge in [0.2, 0.25) is 0 Å². The Morgan fingerprint density at radius 2 is 2.15 bits per heavy atom. The van der Waals surface area contributed by atoms with E-state index in [9.17, 15) is 0 Å². The molecule has 5 nitrogen and oxygen atoms in total. The molecule has 3 aromatic rings. The van der Waals surface area contributed by atoms with Crippen LogP contribution in [0.5, 0.6) is 0 Å². The number of nitrogens with one attached hydrogen (secondary N) is 1. The fourth-order valence-corrected chi connectivity index (χ4v) is 2.16. The van der Waals surface area contributed by atoms with Crippen LogP contribution in [-0.4, -0.2) is 26.3 Å². The fraction of sp³-hybridized carbons (Fsp3) is 0.267. The van der Waals surface area contributed by atoms with Crippen molar-refractivity contribution >= 4 is 11.0 Å². The quantitative estimate of drug-likeness (QED) is 0.768. The minimum atomic E-state index is 0.691. The zero-order valence-electron chi connectivity index (χ0n) is 11.5. The van der Waals surface area contributed by atoms with Crippen LogP contribution in [0.4, 0.5) is 0 Å². The summed E-state index contributed by atoms with van der Waals surface area (Å²) in [6.07, 6.45) is 7.41. The Hall–Kier alpha value is -2.27. The van der Waals surface area contributed by atoms with Crippen molar-refractivity contribution in [2.45, 2.75) is 20.0 Å². The molecule has 0 atom stereocenters. The maximum atomic E-state index is 4.53. The third kappa shape index (κ3) is 2.67. The number of aromatic nitrogens is 4. The van der Waals surface area contributed by atoms with Gasteiger partial charge in [0, 0.05) is 30.5 Å². The van der Waals surface area contributed by atoms with Crippen molar-refractivity contribution < 1.29 is 0 Å². The Morgan fingerprint density at radius 1 is 1.20 bits per heavy atom. The van der Waals surface area contributed by atoms with Crippen molar-refractivity contribution in [3.63, 3.8) is 0 Å². The van der Waals surface area contributed by atoms with Crippen molar-refractivity contribution in [3.8, 4) is 0 Å². The molecule has 0 aliphatic carbocycles. The van der Waals surface area contributed by atoms with Crippen molar-refractivity contribution in [1.82, 2.24) is 25.1 Å². The van der Waals surface area contributed by atoms with Crippen molar-refractivity contribution in [2.75, 3.05) is 6.54 Å². The number of fused-ring (bicyclic) bond motifs is 1. The molecule has 20 heavy (non-hydrogen) atoms. The Labute approximate surface area is 117 Å². The Morgan fingerprint density at radius 3 is 2.95 bits per heavy atom. The molecule has 0 aromatic carbocycles. The van der Waals surface area contributed by atoms with E-state index >= 15 is 0 Å². The zero-order valence-corrected chi connectivity index (χ0v) is 11.5. The highest BCUT2D eigenvalue weighted by Crippen LogP contribution is 2.14. The minimum absolute atomic E-state index is 0.691. The topological polar surface area (TPSA) is 55.6 Å². The van der Waals surface area contributed by atoms with Gasteiger partial charge in [-0.2, -0.15) is 5.10 Å². The average molecular weight is 267 g/mol. The first-order valence-corrected chi connectivity index (χ1v) is 6.77. The molecular weight excluding hydrogens is 250 g/mol. The van der Waals surface area contributed by atoms with E-state index in [0.29, 0.717) is 6.54 Å². The second-order valence-corrected chi connectivity index (χ2v) is 4.70. The number of hydrogen-bond donors (Lipinski definition) is 1. The van der Waals surface area contributed by atoms with Crippen LogP contribution in [0.3, 0.4) is 0 Å². The SMILES string of the molecule is CCNCc1cnc2c(cnn2Cc2cccnc2)c1. The summed E-state index contributed by atoms with van der Waals surface area (Å²) >= 11 is 0. The summed E-state index contributed by atoms with van der Waals surface area (Å²) in [6.45, 7) is 4.58. The molecule has 0 fully saturated rings. The highest BCUT2D eigenvalue weighted by atomic mass is 15.3. The molecule has 0 bridgehead atoms. The van der Waals surface area contributed by atoms with Crippen LogP contribution in [0.1, 0.15) is 18.1 Å². The van der Waals surface area contributed by atoms with Gasteiger partial charge in [0.25, 0.3) is 0 Å². The molecule has 0 radical (unpaired) electrons.